The fourth-order valence-electron chi connectivity index (χ4n) is 2.22. The minimum absolute atomic E-state index is 0.0220. The van der Waals surface area contributed by atoms with Gasteiger partial charge in [0.05, 0.1) is 6.10 Å². The fourth-order valence-corrected chi connectivity index (χ4v) is 2.22. The van der Waals surface area contributed by atoms with Crippen LogP contribution in [0.3, 0.4) is 0 Å². The highest BCUT2D eigenvalue weighted by molar-refractivity contribution is 4.77. The standard InChI is InChI=1S/C13H27NO2/c1-3-13(2,10-15)9-14-8-11-4-6-12(16)7-5-11/h11-12,14-16H,3-10H2,1-2H3. The minimum Gasteiger partial charge on any atom is -0.396 e. The Bertz CT molecular complexity index is 184. The summed E-state index contributed by atoms with van der Waals surface area (Å²) in [4.78, 5) is 0. The van der Waals surface area contributed by atoms with E-state index in [1.165, 1.54) is 0 Å². The highest BCUT2D eigenvalue weighted by atomic mass is 16.3. The van der Waals surface area contributed by atoms with E-state index in [2.05, 4.69) is 19.2 Å². The zero-order chi connectivity index (χ0) is 12.0. The first-order chi connectivity index (χ1) is 7.59. The third-order valence-electron chi connectivity index (χ3n) is 4.04. The maximum atomic E-state index is 9.40. The molecule has 3 heteroatoms. The average Bonchev–Trinajstić information content (AvgIpc) is 2.31. The lowest BCUT2D eigenvalue weighted by Gasteiger charge is -2.29. The molecule has 1 unspecified atom stereocenters. The van der Waals surface area contributed by atoms with Crippen LogP contribution in [-0.4, -0.2) is 36.0 Å². The molecule has 0 aromatic carbocycles. The predicted octanol–water partition coefficient (Wildman–Crippen LogP) is 1.54. The molecule has 0 spiro atoms. The van der Waals surface area contributed by atoms with Crippen LogP contribution in [0.25, 0.3) is 0 Å². The molecular weight excluding hydrogens is 202 g/mol. The summed E-state index contributed by atoms with van der Waals surface area (Å²) in [7, 11) is 0. The molecule has 0 aliphatic heterocycles. The maximum absolute atomic E-state index is 9.40. The molecule has 1 saturated carbocycles. The van der Waals surface area contributed by atoms with Gasteiger partial charge in [0.1, 0.15) is 0 Å². The van der Waals surface area contributed by atoms with Crippen LogP contribution in [0.15, 0.2) is 0 Å². The summed E-state index contributed by atoms with van der Waals surface area (Å²) in [5.74, 6) is 0.711. The van der Waals surface area contributed by atoms with Crippen LogP contribution in [0.2, 0.25) is 0 Å². The van der Waals surface area contributed by atoms with Crippen molar-refractivity contribution < 1.29 is 10.2 Å². The van der Waals surface area contributed by atoms with E-state index in [0.717, 1.165) is 45.2 Å². The number of hydrogen-bond donors (Lipinski definition) is 3. The fraction of sp³-hybridized carbons (Fsp3) is 1.00. The highest BCUT2D eigenvalue weighted by Gasteiger charge is 2.22. The summed E-state index contributed by atoms with van der Waals surface area (Å²) in [6, 6.07) is 0. The van der Waals surface area contributed by atoms with Crippen LogP contribution < -0.4 is 5.32 Å². The molecule has 1 atom stereocenters. The van der Waals surface area contributed by atoms with E-state index in [0.29, 0.717) is 5.92 Å². The Morgan fingerprint density at radius 2 is 1.88 bits per heavy atom. The molecule has 3 N–H and O–H groups in total. The average molecular weight is 229 g/mol. The van der Waals surface area contributed by atoms with Gasteiger partial charge >= 0.3 is 0 Å². The predicted molar refractivity (Wildman–Crippen MR) is 66.3 cm³/mol. The van der Waals surface area contributed by atoms with E-state index in [1.54, 1.807) is 0 Å². The molecule has 0 saturated heterocycles. The minimum atomic E-state index is -0.0606. The van der Waals surface area contributed by atoms with Crippen LogP contribution in [0.5, 0.6) is 0 Å². The highest BCUT2D eigenvalue weighted by Crippen LogP contribution is 2.24. The zero-order valence-electron chi connectivity index (χ0n) is 10.7. The Kier molecular flexibility index (Phi) is 5.73. The van der Waals surface area contributed by atoms with Crippen molar-refractivity contribution in [3.63, 3.8) is 0 Å². The molecule has 16 heavy (non-hydrogen) atoms. The first-order valence-corrected chi connectivity index (χ1v) is 6.59. The smallest absolute Gasteiger partial charge is 0.0540 e. The first-order valence-electron chi connectivity index (χ1n) is 6.59. The van der Waals surface area contributed by atoms with Crippen molar-refractivity contribution in [3.8, 4) is 0 Å². The molecule has 0 heterocycles. The number of aliphatic hydroxyl groups is 2. The van der Waals surface area contributed by atoms with Crippen LogP contribution in [0.4, 0.5) is 0 Å². The molecule has 0 radical (unpaired) electrons. The second kappa shape index (κ2) is 6.58. The van der Waals surface area contributed by atoms with Gasteiger partial charge in [0.2, 0.25) is 0 Å². The largest absolute Gasteiger partial charge is 0.396 e. The summed E-state index contributed by atoms with van der Waals surface area (Å²) in [5.41, 5.74) is 0.0220. The molecule has 1 rings (SSSR count). The molecule has 0 amide bonds. The van der Waals surface area contributed by atoms with Gasteiger partial charge in [-0.3, -0.25) is 0 Å². The SMILES string of the molecule is CCC(C)(CO)CNCC1CCC(O)CC1. The van der Waals surface area contributed by atoms with Crippen molar-refractivity contribution in [2.45, 2.75) is 52.1 Å². The maximum Gasteiger partial charge on any atom is 0.0540 e. The van der Waals surface area contributed by atoms with Gasteiger partial charge in [0, 0.05) is 18.6 Å². The third-order valence-corrected chi connectivity index (χ3v) is 4.04. The van der Waals surface area contributed by atoms with E-state index in [4.69, 9.17) is 0 Å². The molecule has 3 nitrogen and oxygen atoms in total. The molecule has 96 valence electrons. The van der Waals surface area contributed by atoms with Crippen molar-refractivity contribution in [1.29, 1.82) is 0 Å². The number of hydrogen-bond acceptors (Lipinski definition) is 3. The molecule has 1 aliphatic carbocycles. The molecule has 0 bridgehead atoms. The molecular formula is C13H27NO2. The lowest BCUT2D eigenvalue weighted by Crippen LogP contribution is -2.37. The number of aliphatic hydroxyl groups excluding tert-OH is 2. The Morgan fingerprint density at radius 1 is 1.25 bits per heavy atom. The van der Waals surface area contributed by atoms with Gasteiger partial charge in [-0.2, -0.15) is 0 Å². The number of rotatable bonds is 6. The molecule has 1 fully saturated rings. The Morgan fingerprint density at radius 3 is 2.38 bits per heavy atom. The summed E-state index contributed by atoms with van der Waals surface area (Å²) in [6.45, 7) is 6.40. The van der Waals surface area contributed by atoms with E-state index in [-0.39, 0.29) is 18.1 Å². The summed E-state index contributed by atoms with van der Waals surface area (Å²) in [5, 5.41) is 22.2. The zero-order valence-corrected chi connectivity index (χ0v) is 10.7. The summed E-state index contributed by atoms with van der Waals surface area (Å²) >= 11 is 0. The van der Waals surface area contributed by atoms with Gasteiger partial charge < -0.3 is 15.5 Å². The lowest BCUT2D eigenvalue weighted by molar-refractivity contribution is 0.103. The van der Waals surface area contributed by atoms with E-state index in [9.17, 15) is 10.2 Å². The Hall–Kier alpha value is -0.120. The number of nitrogens with one attached hydrogen (secondary N) is 1. The van der Waals surface area contributed by atoms with Gasteiger partial charge in [-0.1, -0.05) is 13.8 Å². The second-order valence-corrected chi connectivity index (χ2v) is 5.63. The van der Waals surface area contributed by atoms with Crippen molar-refractivity contribution in [2.75, 3.05) is 19.7 Å². The van der Waals surface area contributed by atoms with Gasteiger partial charge in [0.15, 0.2) is 0 Å². The Labute approximate surface area is 99.3 Å². The van der Waals surface area contributed by atoms with Crippen molar-refractivity contribution in [1.82, 2.24) is 5.32 Å². The monoisotopic (exact) mass is 229 g/mol. The first kappa shape index (κ1) is 13.9. The summed E-state index contributed by atoms with van der Waals surface area (Å²) in [6.07, 6.45) is 5.12. The van der Waals surface area contributed by atoms with E-state index >= 15 is 0 Å². The van der Waals surface area contributed by atoms with E-state index in [1.807, 2.05) is 0 Å². The van der Waals surface area contributed by atoms with Gasteiger partial charge in [0.25, 0.3) is 0 Å². The normalized spacial score (nSPS) is 30.0. The van der Waals surface area contributed by atoms with Crippen LogP contribution in [-0.2, 0) is 0 Å². The summed E-state index contributed by atoms with van der Waals surface area (Å²) < 4.78 is 0. The second-order valence-electron chi connectivity index (χ2n) is 5.63. The molecule has 0 aromatic rings. The molecule has 0 aromatic heterocycles. The van der Waals surface area contributed by atoms with Crippen molar-refractivity contribution >= 4 is 0 Å². The van der Waals surface area contributed by atoms with E-state index < -0.39 is 0 Å². The van der Waals surface area contributed by atoms with Gasteiger partial charge in [-0.15, -0.1) is 0 Å². The van der Waals surface area contributed by atoms with Crippen molar-refractivity contribution in [3.05, 3.63) is 0 Å². The van der Waals surface area contributed by atoms with Crippen molar-refractivity contribution in [2.24, 2.45) is 11.3 Å². The quantitative estimate of drug-likeness (QED) is 0.647. The topological polar surface area (TPSA) is 52.5 Å². The van der Waals surface area contributed by atoms with Crippen LogP contribution in [0, 0.1) is 11.3 Å². The lowest BCUT2D eigenvalue weighted by atomic mass is 9.86. The van der Waals surface area contributed by atoms with Gasteiger partial charge in [-0.05, 0) is 44.6 Å². The Balaban J connectivity index is 2.15. The third kappa shape index (κ3) is 4.40. The van der Waals surface area contributed by atoms with Crippen LogP contribution >= 0.6 is 0 Å². The van der Waals surface area contributed by atoms with Gasteiger partial charge in [-0.25, -0.2) is 0 Å². The molecule has 1 aliphatic rings. The van der Waals surface area contributed by atoms with Crippen LogP contribution in [0.1, 0.15) is 46.0 Å².